The molecule has 0 spiro atoms. The minimum atomic E-state index is -0.566. The van der Waals surface area contributed by atoms with E-state index in [4.69, 9.17) is 9.47 Å². The van der Waals surface area contributed by atoms with Gasteiger partial charge in [-0.25, -0.2) is 9.59 Å². The number of amides is 2. The van der Waals surface area contributed by atoms with E-state index in [0.717, 1.165) is 43.0 Å². The Morgan fingerprint density at radius 2 is 1.29 bits per heavy atom. The molecule has 0 aliphatic carbocycles. The van der Waals surface area contributed by atoms with Crippen molar-refractivity contribution in [2.45, 2.75) is 6.10 Å². The van der Waals surface area contributed by atoms with Gasteiger partial charge < -0.3 is 29.9 Å². The SMILES string of the molecule is COC(=O)c1cc(NC(=O)Nc2ccc(N3CCN(C)CC3)cc2)ccc1OC(c1ccccc1)c1ccccc1. The van der Waals surface area contributed by atoms with Gasteiger partial charge in [0.15, 0.2) is 0 Å². The number of hydrogen-bond acceptors (Lipinski definition) is 6. The predicted molar refractivity (Wildman–Crippen MR) is 162 cm³/mol. The van der Waals surface area contributed by atoms with Gasteiger partial charge in [-0.05, 0) is 60.6 Å². The van der Waals surface area contributed by atoms with Gasteiger partial charge in [0.2, 0.25) is 0 Å². The zero-order valence-electron chi connectivity index (χ0n) is 23.2. The molecule has 2 N–H and O–H groups in total. The quantitative estimate of drug-likeness (QED) is 0.261. The third-order valence-corrected chi connectivity index (χ3v) is 7.09. The number of anilines is 3. The fourth-order valence-electron chi connectivity index (χ4n) is 4.80. The van der Waals surface area contributed by atoms with E-state index >= 15 is 0 Å². The lowest BCUT2D eigenvalue weighted by molar-refractivity contribution is 0.0594. The maximum atomic E-state index is 12.8. The molecule has 1 heterocycles. The highest BCUT2D eigenvalue weighted by Crippen LogP contribution is 2.32. The number of esters is 1. The minimum Gasteiger partial charge on any atom is -0.480 e. The number of nitrogens with one attached hydrogen (secondary N) is 2. The highest BCUT2D eigenvalue weighted by molar-refractivity contribution is 6.01. The molecule has 0 saturated carbocycles. The molecular formula is C33H34N4O4. The summed E-state index contributed by atoms with van der Waals surface area (Å²) in [6, 6.07) is 31.9. The highest BCUT2D eigenvalue weighted by Gasteiger charge is 2.21. The van der Waals surface area contributed by atoms with Crippen molar-refractivity contribution >= 4 is 29.1 Å². The number of ether oxygens (including phenoxy) is 2. The van der Waals surface area contributed by atoms with Crippen LogP contribution in [0.1, 0.15) is 27.6 Å². The number of nitrogens with zero attached hydrogens (tertiary/aromatic N) is 2. The Kier molecular flexibility index (Phi) is 8.81. The molecule has 4 aromatic carbocycles. The van der Waals surface area contributed by atoms with Crippen molar-refractivity contribution in [2.75, 3.05) is 55.9 Å². The number of benzene rings is 4. The van der Waals surface area contributed by atoms with Gasteiger partial charge >= 0.3 is 12.0 Å². The summed E-state index contributed by atoms with van der Waals surface area (Å²) in [6.07, 6.45) is -0.447. The number of rotatable bonds is 8. The molecule has 8 nitrogen and oxygen atoms in total. The second-order valence-electron chi connectivity index (χ2n) is 9.94. The van der Waals surface area contributed by atoms with Crippen LogP contribution in [0.2, 0.25) is 0 Å². The summed E-state index contributed by atoms with van der Waals surface area (Å²) in [7, 11) is 3.44. The summed E-state index contributed by atoms with van der Waals surface area (Å²) in [5.74, 6) is -0.219. The van der Waals surface area contributed by atoms with Crippen molar-refractivity contribution in [3.8, 4) is 5.75 Å². The maximum Gasteiger partial charge on any atom is 0.341 e. The topological polar surface area (TPSA) is 83.1 Å². The van der Waals surface area contributed by atoms with E-state index in [9.17, 15) is 9.59 Å². The van der Waals surface area contributed by atoms with Gasteiger partial charge in [0, 0.05) is 43.2 Å². The Morgan fingerprint density at radius 3 is 1.88 bits per heavy atom. The lowest BCUT2D eigenvalue weighted by atomic mass is 10.0. The van der Waals surface area contributed by atoms with Crippen molar-refractivity contribution in [2.24, 2.45) is 0 Å². The predicted octanol–water partition coefficient (Wildman–Crippen LogP) is 6.04. The highest BCUT2D eigenvalue weighted by atomic mass is 16.5. The fourth-order valence-corrected chi connectivity index (χ4v) is 4.80. The first-order chi connectivity index (χ1) is 20.0. The second-order valence-corrected chi connectivity index (χ2v) is 9.94. The van der Waals surface area contributed by atoms with Gasteiger partial charge in [-0.1, -0.05) is 60.7 Å². The zero-order chi connectivity index (χ0) is 28.6. The number of carbonyl (C=O) groups is 2. The third kappa shape index (κ3) is 7.04. The van der Waals surface area contributed by atoms with Crippen LogP contribution in [0.25, 0.3) is 0 Å². The van der Waals surface area contributed by atoms with E-state index in [1.165, 1.54) is 7.11 Å². The summed E-state index contributed by atoms with van der Waals surface area (Å²) in [5, 5.41) is 5.66. The summed E-state index contributed by atoms with van der Waals surface area (Å²) in [5.41, 5.74) is 4.32. The minimum absolute atomic E-state index is 0.207. The van der Waals surface area contributed by atoms with Gasteiger partial charge in [-0.2, -0.15) is 0 Å². The van der Waals surface area contributed by atoms with Crippen LogP contribution in [-0.2, 0) is 4.74 Å². The Morgan fingerprint density at radius 1 is 0.732 bits per heavy atom. The monoisotopic (exact) mass is 550 g/mol. The van der Waals surface area contributed by atoms with Crippen molar-refractivity contribution in [1.82, 2.24) is 4.90 Å². The Balaban J connectivity index is 1.30. The molecular weight excluding hydrogens is 516 g/mol. The number of hydrogen-bond donors (Lipinski definition) is 2. The lowest BCUT2D eigenvalue weighted by Crippen LogP contribution is -2.44. The summed E-state index contributed by atoms with van der Waals surface area (Å²) < 4.78 is 11.5. The molecule has 1 aliphatic heterocycles. The average molecular weight is 551 g/mol. The second kappa shape index (κ2) is 13.0. The van der Waals surface area contributed by atoms with Crippen molar-refractivity contribution in [3.63, 3.8) is 0 Å². The van der Waals surface area contributed by atoms with E-state index < -0.39 is 18.1 Å². The first-order valence-corrected chi connectivity index (χ1v) is 13.6. The van der Waals surface area contributed by atoms with Gasteiger partial charge in [-0.15, -0.1) is 0 Å². The van der Waals surface area contributed by atoms with Crippen LogP contribution < -0.4 is 20.3 Å². The molecule has 210 valence electrons. The molecule has 2 amide bonds. The Bertz CT molecular complexity index is 1410. The normalized spacial score (nSPS) is 13.5. The molecule has 0 atom stereocenters. The summed E-state index contributed by atoms with van der Waals surface area (Å²) in [6.45, 7) is 4.00. The number of methoxy groups -OCH3 is 1. The first-order valence-electron chi connectivity index (χ1n) is 13.6. The fraction of sp³-hybridized carbons (Fsp3) is 0.212. The summed E-state index contributed by atoms with van der Waals surface area (Å²) in [4.78, 5) is 30.2. The van der Waals surface area contributed by atoms with E-state index in [0.29, 0.717) is 17.1 Å². The van der Waals surface area contributed by atoms with Crippen LogP contribution in [0.15, 0.2) is 103 Å². The van der Waals surface area contributed by atoms with Gasteiger partial charge in [0.25, 0.3) is 0 Å². The number of urea groups is 1. The van der Waals surface area contributed by atoms with Crippen molar-refractivity contribution < 1.29 is 19.1 Å². The van der Waals surface area contributed by atoms with Crippen LogP contribution >= 0.6 is 0 Å². The third-order valence-electron chi connectivity index (χ3n) is 7.09. The van der Waals surface area contributed by atoms with Gasteiger partial charge in [0.1, 0.15) is 17.4 Å². The van der Waals surface area contributed by atoms with Crippen LogP contribution in [0.3, 0.4) is 0 Å². The molecule has 5 rings (SSSR count). The molecule has 8 heteroatoms. The van der Waals surface area contributed by atoms with Crippen LogP contribution in [0.4, 0.5) is 21.9 Å². The van der Waals surface area contributed by atoms with Crippen LogP contribution in [0, 0.1) is 0 Å². The number of carbonyl (C=O) groups excluding carboxylic acids is 2. The Hall–Kier alpha value is -4.82. The number of likely N-dealkylation sites (N-methyl/N-ethyl adjacent to an activating group) is 1. The molecule has 0 unspecified atom stereocenters. The molecule has 0 aromatic heterocycles. The molecule has 0 bridgehead atoms. The first kappa shape index (κ1) is 27.7. The van der Waals surface area contributed by atoms with E-state index in [1.807, 2.05) is 84.9 Å². The zero-order valence-corrected chi connectivity index (χ0v) is 23.2. The molecule has 1 fully saturated rings. The molecule has 41 heavy (non-hydrogen) atoms. The Labute approximate surface area is 240 Å². The van der Waals surface area contributed by atoms with Gasteiger partial charge in [0.05, 0.1) is 7.11 Å². The standard InChI is InChI=1S/C33H34N4O4/c1-36-19-21-37(22-20-36)28-16-13-26(14-17-28)34-33(39)35-27-15-18-30(29(23-27)32(38)40-2)41-31(24-9-5-3-6-10-24)25-11-7-4-8-12-25/h3-18,23,31H,19-22H2,1-2H3,(H2,34,35,39). The maximum absolute atomic E-state index is 12.8. The molecule has 1 aliphatic rings. The molecule has 1 saturated heterocycles. The van der Waals surface area contributed by atoms with E-state index in [2.05, 4.69) is 27.5 Å². The number of piperazine rings is 1. The molecule has 4 aromatic rings. The average Bonchev–Trinajstić information content (AvgIpc) is 3.01. The smallest absolute Gasteiger partial charge is 0.341 e. The van der Waals surface area contributed by atoms with E-state index in [1.54, 1.807) is 18.2 Å². The lowest BCUT2D eigenvalue weighted by Gasteiger charge is -2.34. The van der Waals surface area contributed by atoms with Crippen LogP contribution in [0.5, 0.6) is 5.75 Å². The van der Waals surface area contributed by atoms with Crippen molar-refractivity contribution in [1.29, 1.82) is 0 Å². The van der Waals surface area contributed by atoms with E-state index in [-0.39, 0.29) is 5.56 Å². The molecule has 0 radical (unpaired) electrons. The van der Waals surface area contributed by atoms with Gasteiger partial charge in [-0.3, -0.25) is 0 Å². The largest absolute Gasteiger partial charge is 0.480 e. The van der Waals surface area contributed by atoms with Crippen LogP contribution in [-0.4, -0.2) is 57.2 Å². The summed E-state index contributed by atoms with van der Waals surface area (Å²) >= 11 is 0. The van der Waals surface area contributed by atoms with Crippen molar-refractivity contribution in [3.05, 3.63) is 120 Å².